The molecule has 3 N–H and O–H groups in total. The Morgan fingerprint density at radius 3 is 2.82 bits per heavy atom. The van der Waals surface area contributed by atoms with Gasteiger partial charge in [0.05, 0.1) is 5.69 Å². The molecule has 0 unspecified atom stereocenters. The second-order valence-electron chi connectivity index (χ2n) is 4.83. The van der Waals surface area contributed by atoms with Crippen molar-refractivity contribution in [2.45, 2.75) is 32.8 Å². The Bertz CT molecular complexity index is 469. The Labute approximate surface area is 99.8 Å². The second-order valence-corrected chi connectivity index (χ2v) is 4.83. The maximum absolute atomic E-state index is 10.5. The molecular formula is C12H16N2O3. The van der Waals surface area contributed by atoms with Crippen LogP contribution >= 0.6 is 0 Å². The Hall–Kier alpha value is -1.91. The molecule has 0 aliphatic carbocycles. The number of ether oxygens (including phenoxy) is 1. The van der Waals surface area contributed by atoms with Crippen LogP contribution in [-0.4, -0.2) is 16.8 Å². The molecule has 1 amide bonds. The topological polar surface area (TPSA) is 70.6 Å². The molecule has 0 radical (unpaired) electrons. The molecule has 2 rings (SSSR count). The SMILES string of the molecule is Cc1ccc(NNC(=O)O)c2c1CC(C)(C)O2. The molecule has 0 bridgehead atoms. The van der Waals surface area contributed by atoms with E-state index in [0.717, 1.165) is 23.3 Å². The molecular weight excluding hydrogens is 220 g/mol. The molecule has 0 atom stereocenters. The molecule has 0 saturated carbocycles. The van der Waals surface area contributed by atoms with Crippen molar-refractivity contribution in [1.29, 1.82) is 0 Å². The monoisotopic (exact) mass is 236 g/mol. The lowest BCUT2D eigenvalue weighted by atomic mass is 9.98. The smallest absolute Gasteiger partial charge is 0.423 e. The van der Waals surface area contributed by atoms with Gasteiger partial charge in [-0.15, -0.1) is 0 Å². The number of benzene rings is 1. The summed E-state index contributed by atoms with van der Waals surface area (Å²) in [4.78, 5) is 10.5. The minimum atomic E-state index is -1.13. The molecule has 0 spiro atoms. The summed E-state index contributed by atoms with van der Waals surface area (Å²) in [6, 6.07) is 3.76. The van der Waals surface area contributed by atoms with Crippen molar-refractivity contribution < 1.29 is 14.6 Å². The summed E-state index contributed by atoms with van der Waals surface area (Å²) in [6.45, 7) is 6.06. The highest BCUT2D eigenvalue weighted by molar-refractivity contribution is 5.70. The molecule has 1 aliphatic rings. The van der Waals surface area contributed by atoms with Crippen LogP contribution in [-0.2, 0) is 6.42 Å². The van der Waals surface area contributed by atoms with Crippen LogP contribution in [0.5, 0.6) is 5.75 Å². The van der Waals surface area contributed by atoms with E-state index in [-0.39, 0.29) is 5.60 Å². The number of fused-ring (bicyclic) bond motifs is 1. The number of nitrogens with one attached hydrogen (secondary N) is 2. The maximum Gasteiger partial charge on any atom is 0.423 e. The third-order valence-corrected chi connectivity index (χ3v) is 2.78. The summed E-state index contributed by atoms with van der Waals surface area (Å²) in [5.41, 5.74) is 7.46. The molecule has 92 valence electrons. The third-order valence-electron chi connectivity index (χ3n) is 2.78. The molecule has 1 aliphatic heterocycles. The van der Waals surface area contributed by atoms with E-state index in [1.807, 2.05) is 32.9 Å². The summed E-state index contributed by atoms with van der Waals surface area (Å²) in [6.07, 6.45) is -0.298. The fourth-order valence-corrected chi connectivity index (χ4v) is 2.02. The highest BCUT2D eigenvalue weighted by Gasteiger charge is 2.33. The lowest BCUT2D eigenvalue weighted by Crippen LogP contribution is -2.28. The first-order chi connectivity index (χ1) is 7.89. The predicted octanol–water partition coefficient (Wildman–Crippen LogP) is 2.30. The fraction of sp³-hybridized carbons (Fsp3) is 0.417. The summed E-state index contributed by atoms with van der Waals surface area (Å²) >= 11 is 0. The minimum absolute atomic E-state index is 0.242. The zero-order valence-corrected chi connectivity index (χ0v) is 10.1. The minimum Gasteiger partial charge on any atom is -0.485 e. The first-order valence-electron chi connectivity index (χ1n) is 5.45. The zero-order valence-electron chi connectivity index (χ0n) is 10.1. The van der Waals surface area contributed by atoms with Gasteiger partial charge in [-0.2, -0.15) is 0 Å². The van der Waals surface area contributed by atoms with Gasteiger partial charge in [-0.05, 0) is 32.4 Å². The van der Waals surface area contributed by atoms with Crippen LogP contribution in [0, 0.1) is 6.92 Å². The van der Waals surface area contributed by atoms with E-state index in [9.17, 15) is 4.79 Å². The van der Waals surface area contributed by atoms with Gasteiger partial charge in [0.25, 0.3) is 0 Å². The van der Waals surface area contributed by atoms with Crippen molar-refractivity contribution in [3.8, 4) is 5.75 Å². The van der Waals surface area contributed by atoms with Gasteiger partial charge in [-0.3, -0.25) is 5.43 Å². The predicted molar refractivity (Wildman–Crippen MR) is 64.4 cm³/mol. The molecule has 1 heterocycles. The number of hydrogen-bond acceptors (Lipinski definition) is 3. The van der Waals surface area contributed by atoms with Gasteiger partial charge in [0, 0.05) is 12.0 Å². The highest BCUT2D eigenvalue weighted by Crippen LogP contribution is 2.41. The van der Waals surface area contributed by atoms with Gasteiger partial charge >= 0.3 is 6.09 Å². The molecule has 0 aromatic heterocycles. The Morgan fingerprint density at radius 2 is 2.18 bits per heavy atom. The number of rotatable bonds is 2. The van der Waals surface area contributed by atoms with Crippen LogP contribution in [0.4, 0.5) is 10.5 Å². The van der Waals surface area contributed by atoms with Crippen molar-refractivity contribution >= 4 is 11.8 Å². The average molecular weight is 236 g/mol. The molecule has 5 heteroatoms. The van der Waals surface area contributed by atoms with Crippen molar-refractivity contribution in [2.24, 2.45) is 0 Å². The number of anilines is 1. The lowest BCUT2D eigenvalue weighted by Gasteiger charge is -2.18. The van der Waals surface area contributed by atoms with Crippen molar-refractivity contribution in [1.82, 2.24) is 5.43 Å². The maximum atomic E-state index is 10.5. The molecule has 1 aromatic carbocycles. The Balaban J connectivity index is 2.32. The highest BCUT2D eigenvalue weighted by atomic mass is 16.5. The Morgan fingerprint density at radius 1 is 1.47 bits per heavy atom. The van der Waals surface area contributed by atoms with Gasteiger partial charge < -0.3 is 9.84 Å². The first-order valence-corrected chi connectivity index (χ1v) is 5.45. The standard InChI is InChI=1S/C12H16N2O3/c1-7-4-5-9(13-14-11(15)16)10-8(7)6-12(2,3)17-10/h4-5,13-14H,6H2,1-3H3,(H,15,16). The number of carbonyl (C=O) groups is 1. The summed E-state index contributed by atoms with van der Waals surface area (Å²) in [7, 11) is 0. The van der Waals surface area contributed by atoms with Crippen LogP contribution < -0.4 is 15.6 Å². The average Bonchev–Trinajstić information content (AvgIpc) is 2.53. The van der Waals surface area contributed by atoms with Crippen LogP contribution in [0.25, 0.3) is 0 Å². The quantitative estimate of drug-likeness (QED) is 0.689. The van der Waals surface area contributed by atoms with Gasteiger partial charge in [0.15, 0.2) is 0 Å². The van der Waals surface area contributed by atoms with E-state index in [1.54, 1.807) is 0 Å². The molecule has 1 aromatic rings. The van der Waals surface area contributed by atoms with E-state index in [1.165, 1.54) is 0 Å². The third kappa shape index (κ3) is 2.27. The number of carboxylic acid groups (broad SMARTS) is 1. The van der Waals surface area contributed by atoms with Crippen molar-refractivity contribution in [3.05, 3.63) is 23.3 Å². The Kier molecular flexibility index (Phi) is 2.61. The van der Waals surface area contributed by atoms with Gasteiger partial charge in [0.2, 0.25) is 0 Å². The van der Waals surface area contributed by atoms with Crippen molar-refractivity contribution in [2.75, 3.05) is 5.43 Å². The van der Waals surface area contributed by atoms with E-state index in [2.05, 4.69) is 10.9 Å². The fourth-order valence-electron chi connectivity index (χ4n) is 2.02. The van der Waals surface area contributed by atoms with Gasteiger partial charge in [0.1, 0.15) is 11.4 Å². The number of aryl methyl sites for hydroxylation is 1. The molecule has 0 fully saturated rings. The number of hydrazine groups is 1. The van der Waals surface area contributed by atoms with Crippen LogP contribution in [0.1, 0.15) is 25.0 Å². The van der Waals surface area contributed by atoms with Crippen LogP contribution in [0.15, 0.2) is 12.1 Å². The van der Waals surface area contributed by atoms with E-state index in [4.69, 9.17) is 9.84 Å². The molecule has 0 saturated heterocycles. The van der Waals surface area contributed by atoms with Crippen LogP contribution in [0.3, 0.4) is 0 Å². The summed E-state index contributed by atoms with van der Waals surface area (Å²) in [5.74, 6) is 0.740. The normalized spacial score (nSPS) is 15.9. The van der Waals surface area contributed by atoms with Gasteiger partial charge in [-0.1, -0.05) is 6.07 Å². The largest absolute Gasteiger partial charge is 0.485 e. The number of hydrogen-bond donors (Lipinski definition) is 3. The van der Waals surface area contributed by atoms with Gasteiger partial charge in [-0.25, -0.2) is 10.2 Å². The molecule has 5 nitrogen and oxygen atoms in total. The van der Waals surface area contributed by atoms with E-state index in [0.29, 0.717) is 5.69 Å². The van der Waals surface area contributed by atoms with Crippen molar-refractivity contribution in [3.63, 3.8) is 0 Å². The number of amides is 1. The lowest BCUT2D eigenvalue weighted by molar-refractivity contribution is 0.139. The second kappa shape index (κ2) is 3.84. The van der Waals surface area contributed by atoms with E-state index >= 15 is 0 Å². The first kappa shape index (κ1) is 11.6. The molecule has 17 heavy (non-hydrogen) atoms. The van der Waals surface area contributed by atoms with E-state index < -0.39 is 6.09 Å². The summed E-state index contributed by atoms with van der Waals surface area (Å²) in [5, 5.41) is 8.57. The zero-order chi connectivity index (χ0) is 12.6. The van der Waals surface area contributed by atoms with Crippen LogP contribution in [0.2, 0.25) is 0 Å². The summed E-state index contributed by atoms with van der Waals surface area (Å²) < 4.78 is 5.84.